The summed E-state index contributed by atoms with van der Waals surface area (Å²) in [6, 6.07) is 80.4. The van der Waals surface area contributed by atoms with Crippen LogP contribution < -0.4 is 0 Å². The van der Waals surface area contributed by atoms with Gasteiger partial charge < -0.3 is 0 Å². The fourth-order valence-electron chi connectivity index (χ4n) is 8.76. The molecule has 0 aromatic heterocycles. The summed E-state index contributed by atoms with van der Waals surface area (Å²) in [6.07, 6.45) is 0. The molecule has 0 atom stereocenters. The zero-order valence-electron chi connectivity index (χ0n) is 30.8. The zero-order valence-corrected chi connectivity index (χ0v) is 30.8. The van der Waals surface area contributed by atoms with Gasteiger partial charge in [0, 0.05) is 0 Å². The van der Waals surface area contributed by atoms with Crippen molar-refractivity contribution in [1.29, 1.82) is 0 Å². The van der Waals surface area contributed by atoms with Crippen molar-refractivity contribution in [3.05, 3.63) is 218 Å². The van der Waals surface area contributed by atoms with Crippen molar-refractivity contribution in [3.63, 3.8) is 0 Å². The Bertz CT molecular complexity index is 3280. The van der Waals surface area contributed by atoms with E-state index in [9.17, 15) is 0 Å². The highest BCUT2D eigenvalue weighted by atomic mass is 14.2. The van der Waals surface area contributed by atoms with Crippen molar-refractivity contribution in [2.75, 3.05) is 0 Å². The normalized spacial score (nSPS) is 11.6. The maximum absolute atomic E-state index is 2.37. The van der Waals surface area contributed by atoms with Gasteiger partial charge in [-0.1, -0.05) is 176 Å². The lowest BCUT2D eigenvalue weighted by atomic mass is 9.89. The molecule has 11 aromatic rings. The Morgan fingerprint density at radius 3 is 1.12 bits per heavy atom. The van der Waals surface area contributed by atoms with Gasteiger partial charge in [0.2, 0.25) is 0 Å². The van der Waals surface area contributed by atoms with Gasteiger partial charge in [-0.25, -0.2) is 0 Å². The third-order valence-corrected chi connectivity index (χ3v) is 11.6. The SMILES string of the molecule is c1ccc(-c2ccc3c(c2)c(-c2cccc(-c4ccc5cc(-c6cc7ccccc7c7ccc(-c8ccccc8)cc67)ccc5c4)c2)cc2ccccc23)cc1. The Labute approximate surface area is 326 Å². The van der Waals surface area contributed by atoms with Gasteiger partial charge in [-0.2, -0.15) is 0 Å². The van der Waals surface area contributed by atoms with Crippen LogP contribution in [0.5, 0.6) is 0 Å². The fourth-order valence-corrected chi connectivity index (χ4v) is 8.76. The smallest absolute Gasteiger partial charge is 0.00928 e. The van der Waals surface area contributed by atoms with Gasteiger partial charge in [0.1, 0.15) is 0 Å². The van der Waals surface area contributed by atoms with Gasteiger partial charge in [-0.05, 0) is 152 Å². The zero-order chi connectivity index (χ0) is 37.0. The predicted molar refractivity (Wildman–Crippen MR) is 241 cm³/mol. The van der Waals surface area contributed by atoms with Crippen LogP contribution in [0.1, 0.15) is 0 Å². The van der Waals surface area contributed by atoms with Crippen molar-refractivity contribution in [3.8, 4) is 55.6 Å². The summed E-state index contributed by atoms with van der Waals surface area (Å²) in [4.78, 5) is 0. The van der Waals surface area contributed by atoms with E-state index in [-0.39, 0.29) is 0 Å². The van der Waals surface area contributed by atoms with Crippen molar-refractivity contribution in [1.82, 2.24) is 0 Å². The van der Waals surface area contributed by atoms with Crippen LogP contribution in [0.4, 0.5) is 0 Å². The van der Waals surface area contributed by atoms with E-state index in [0.717, 1.165) is 0 Å². The molecule has 0 fully saturated rings. The van der Waals surface area contributed by atoms with Crippen LogP contribution in [0.2, 0.25) is 0 Å². The lowest BCUT2D eigenvalue weighted by Crippen LogP contribution is -1.88. The Morgan fingerprint density at radius 1 is 0.161 bits per heavy atom. The minimum atomic E-state index is 1.21. The molecule has 0 aliphatic heterocycles. The number of hydrogen-bond acceptors (Lipinski definition) is 0. The lowest BCUT2D eigenvalue weighted by molar-refractivity contribution is 1.62. The number of hydrogen-bond donors (Lipinski definition) is 0. The number of rotatable bonds is 5. The molecule has 0 aliphatic carbocycles. The molecule has 56 heavy (non-hydrogen) atoms. The van der Waals surface area contributed by atoms with E-state index in [4.69, 9.17) is 0 Å². The highest BCUT2D eigenvalue weighted by Crippen LogP contribution is 2.41. The molecule has 0 spiro atoms. The van der Waals surface area contributed by atoms with Crippen LogP contribution in [0.25, 0.3) is 109 Å². The standard InChI is InChI=1S/C56H36/c1-3-12-37(13-4-1)43-26-28-51-49-20-9-7-16-46(49)35-53(55(51)33-43)45-19-11-18-39(31-45)40-22-23-42-32-48(25-24-41(42)30-40)54-36-47-17-8-10-21-50(47)52-29-27-44(34-56(52)54)38-14-5-2-6-15-38/h1-36H. The maximum atomic E-state index is 2.37. The van der Waals surface area contributed by atoms with Gasteiger partial charge in [0.05, 0.1) is 0 Å². The van der Waals surface area contributed by atoms with Gasteiger partial charge in [-0.3, -0.25) is 0 Å². The average molecular weight is 709 g/mol. The Hall–Kier alpha value is -7.28. The molecule has 0 saturated carbocycles. The largest absolute Gasteiger partial charge is 0.0622 e. The van der Waals surface area contributed by atoms with Gasteiger partial charge in [0.25, 0.3) is 0 Å². The number of fused-ring (bicyclic) bond motifs is 7. The highest BCUT2D eigenvalue weighted by molar-refractivity contribution is 6.16. The molecular formula is C56H36. The van der Waals surface area contributed by atoms with E-state index < -0.39 is 0 Å². The molecule has 0 saturated heterocycles. The van der Waals surface area contributed by atoms with E-state index in [1.807, 2.05) is 0 Å². The molecule has 11 rings (SSSR count). The van der Waals surface area contributed by atoms with Crippen LogP contribution >= 0.6 is 0 Å². The fraction of sp³-hybridized carbons (Fsp3) is 0. The molecule has 0 amide bonds. The summed E-state index contributed by atoms with van der Waals surface area (Å²) in [5.41, 5.74) is 12.3. The Morgan fingerprint density at radius 2 is 0.554 bits per heavy atom. The second-order valence-electron chi connectivity index (χ2n) is 14.9. The van der Waals surface area contributed by atoms with Crippen LogP contribution in [0.3, 0.4) is 0 Å². The topological polar surface area (TPSA) is 0 Å². The predicted octanol–water partition coefficient (Wildman–Crippen LogP) is 15.8. The summed E-state index contributed by atoms with van der Waals surface area (Å²) < 4.78 is 0. The summed E-state index contributed by atoms with van der Waals surface area (Å²) in [5.74, 6) is 0. The molecule has 0 N–H and O–H groups in total. The van der Waals surface area contributed by atoms with E-state index in [0.29, 0.717) is 0 Å². The molecule has 0 radical (unpaired) electrons. The molecule has 0 heterocycles. The molecule has 0 unspecified atom stereocenters. The quantitative estimate of drug-likeness (QED) is 0.156. The van der Waals surface area contributed by atoms with Gasteiger partial charge >= 0.3 is 0 Å². The first-order chi connectivity index (χ1) is 27.7. The molecule has 0 bridgehead atoms. The molecular weight excluding hydrogens is 673 g/mol. The number of benzene rings is 11. The van der Waals surface area contributed by atoms with Crippen molar-refractivity contribution >= 4 is 53.9 Å². The average Bonchev–Trinajstić information content (AvgIpc) is 3.28. The first-order valence-corrected chi connectivity index (χ1v) is 19.4. The molecule has 0 heteroatoms. The summed E-state index contributed by atoms with van der Waals surface area (Å²) in [5, 5.41) is 12.6. The molecule has 0 aliphatic rings. The third kappa shape index (κ3) is 5.54. The first-order valence-electron chi connectivity index (χ1n) is 19.4. The van der Waals surface area contributed by atoms with E-state index in [2.05, 4.69) is 218 Å². The maximum Gasteiger partial charge on any atom is -0.00928 e. The molecule has 260 valence electrons. The van der Waals surface area contributed by atoms with Crippen molar-refractivity contribution < 1.29 is 0 Å². The van der Waals surface area contributed by atoms with Gasteiger partial charge in [0.15, 0.2) is 0 Å². The Kier molecular flexibility index (Phi) is 7.60. The summed E-state index contributed by atoms with van der Waals surface area (Å²) in [7, 11) is 0. The van der Waals surface area contributed by atoms with Crippen LogP contribution in [-0.2, 0) is 0 Å². The minimum absolute atomic E-state index is 1.21. The summed E-state index contributed by atoms with van der Waals surface area (Å²) >= 11 is 0. The van der Waals surface area contributed by atoms with Crippen LogP contribution in [0, 0.1) is 0 Å². The third-order valence-electron chi connectivity index (χ3n) is 11.6. The Balaban J connectivity index is 1.01. The van der Waals surface area contributed by atoms with Crippen LogP contribution in [-0.4, -0.2) is 0 Å². The van der Waals surface area contributed by atoms with E-state index >= 15 is 0 Å². The second kappa shape index (κ2) is 13.2. The molecule has 0 nitrogen and oxygen atoms in total. The van der Waals surface area contributed by atoms with E-state index in [1.165, 1.54) is 109 Å². The van der Waals surface area contributed by atoms with Gasteiger partial charge in [-0.15, -0.1) is 0 Å². The second-order valence-corrected chi connectivity index (χ2v) is 14.9. The first kappa shape index (κ1) is 32.2. The van der Waals surface area contributed by atoms with Crippen molar-refractivity contribution in [2.45, 2.75) is 0 Å². The van der Waals surface area contributed by atoms with E-state index in [1.54, 1.807) is 0 Å². The lowest BCUT2D eigenvalue weighted by Gasteiger charge is -2.15. The minimum Gasteiger partial charge on any atom is -0.0622 e. The molecule has 11 aromatic carbocycles. The summed E-state index contributed by atoms with van der Waals surface area (Å²) in [6.45, 7) is 0. The highest BCUT2D eigenvalue weighted by Gasteiger charge is 2.14. The van der Waals surface area contributed by atoms with Crippen LogP contribution in [0.15, 0.2) is 218 Å². The van der Waals surface area contributed by atoms with Crippen molar-refractivity contribution in [2.24, 2.45) is 0 Å². The monoisotopic (exact) mass is 708 g/mol.